The third-order valence-corrected chi connectivity index (χ3v) is 6.12. The lowest BCUT2D eigenvalue weighted by Gasteiger charge is -2.34. The Hall–Kier alpha value is -2.33. The van der Waals surface area contributed by atoms with Crippen LogP contribution < -0.4 is 10.5 Å². The SMILES string of the molecule is CCC1CCN(c2c(C#N)c(=O)[nH]c3ccc(S(C)(=O)=O)cc23)CC1. The highest BCUT2D eigenvalue weighted by atomic mass is 32.2. The second-order valence-corrected chi connectivity index (χ2v) is 8.62. The average Bonchev–Trinajstić information content (AvgIpc) is 2.59. The van der Waals surface area contributed by atoms with E-state index >= 15 is 0 Å². The van der Waals surface area contributed by atoms with Crippen LogP contribution >= 0.6 is 0 Å². The topological polar surface area (TPSA) is 94.0 Å². The third kappa shape index (κ3) is 3.27. The van der Waals surface area contributed by atoms with Crippen molar-refractivity contribution in [3.63, 3.8) is 0 Å². The zero-order chi connectivity index (χ0) is 18.2. The van der Waals surface area contributed by atoms with Crippen LogP contribution in [0.25, 0.3) is 10.9 Å². The molecule has 2 heterocycles. The van der Waals surface area contributed by atoms with E-state index in [1.54, 1.807) is 12.1 Å². The zero-order valence-corrected chi connectivity index (χ0v) is 15.2. The molecule has 7 heteroatoms. The lowest BCUT2D eigenvalue weighted by molar-refractivity contribution is 0.395. The highest BCUT2D eigenvalue weighted by molar-refractivity contribution is 7.90. The number of pyridine rings is 1. The summed E-state index contributed by atoms with van der Waals surface area (Å²) in [5.41, 5.74) is 0.716. The smallest absolute Gasteiger partial charge is 0.268 e. The minimum atomic E-state index is -3.38. The molecule has 25 heavy (non-hydrogen) atoms. The van der Waals surface area contributed by atoms with Gasteiger partial charge in [0.2, 0.25) is 0 Å². The number of sulfone groups is 1. The molecule has 0 radical (unpaired) electrons. The van der Waals surface area contributed by atoms with Gasteiger partial charge in [0.25, 0.3) is 5.56 Å². The van der Waals surface area contributed by atoms with E-state index in [2.05, 4.69) is 11.9 Å². The van der Waals surface area contributed by atoms with E-state index in [1.807, 2.05) is 11.0 Å². The van der Waals surface area contributed by atoms with E-state index in [0.717, 1.165) is 38.6 Å². The molecule has 1 aliphatic rings. The van der Waals surface area contributed by atoms with Gasteiger partial charge in [-0.1, -0.05) is 13.3 Å². The summed E-state index contributed by atoms with van der Waals surface area (Å²) in [6.45, 7) is 3.69. The van der Waals surface area contributed by atoms with Gasteiger partial charge in [0.15, 0.2) is 9.84 Å². The highest BCUT2D eigenvalue weighted by Gasteiger charge is 2.24. The van der Waals surface area contributed by atoms with Crippen molar-refractivity contribution in [3.8, 4) is 6.07 Å². The minimum Gasteiger partial charge on any atom is -0.370 e. The molecule has 1 aromatic heterocycles. The van der Waals surface area contributed by atoms with Crippen LogP contribution in [-0.2, 0) is 9.84 Å². The van der Waals surface area contributed by atoms with Crippen LogP contribution in [-0.4, -0.2) is 32.7 Å². The zero-order valence-electron chi connectivity index (χ0n) is 14.4. The molecule has 6 nitrogen and oxygen atoms in total. The summed E-state index contributed by atoms with van der Waals surface area (Å²) in [5.74, 6) is 0.654. The molecule has 0 unspecified atom stereocenters. The predicted molar refractivity (Wildman–Crippen MR) is 97.6 cm³/mol. The van der Waals surface area contributed by atoms with Gasteiger partial charge >= 0.3 is 0 Å². The van der Waals surface area contributed by atoms with Crippen molar-refractivity contribution < 1.29 is 8.42 Å². The quantitative estimate of drug-likeness (QED) is 0.908. The number of benzene rings is 1. The highest BCUT2D eigenvalue weighted by Crippen LogP contribution is 2.33. The number of aromatic nitrogens is 1. The van der Waals surface area contributed by atoms with E-state index in [4.69, 9.17) is 0 Å². The number of piperidine rings is 1. The Morgan fingerprint density at radius 1 is 1.32 bits per heavy atom. The van der Waals surface area contributed by atoms with E-state index < -0.39 is 15.4 Å². The van der Waals surface area contributed by atoms with Crippen molar-refractivity contribution in [2.24, 2.45) is 5.92 Å². The molecule has 1 N–H and O–H groups in total. The summed E-state index contributed by atoms with van der Waals surface area (Å²) in [5, 5.41) is 10.1. The number of nitrogens with one attached hydrogen (secondary N) is 1. The first-order valence-electron chi connectivity index (χ1n) is 8.40. The summed E-state index contributed by atoms with van der Waals surface area (Å²) in [7, 11) is -3.38. The number of rotatable bonds is 3. The molecular formula is C18H21N3O3S. The fraction of sp³-hybridized carbons (Fsp3) is 0.444. The second kappa shape index (κ2) is 6.52. The van der Waals surface area contributed by atoms with Crippen LogP contribution in [0, 0.1) is 17.2 Å². The first kappa shape index (κ1) is 17.5. The number of hydrogen-bond donors (Lipinski definition) is 1. The number of anilines is 1. The molecular weight excluding hydrogens is 338 g/mol. The Kier molecular flexibility index (Phi) is 4.56. The van der Waals surface area contributed by atoms with Gasteiger partial charge in [0, 0.05) is 24.7 Å². The largest absolute Gasteiger partial charge is 0.370 e. The number of nitrogens with zero attached hydrogens (tertiary/aromatic N) is 2. The van der Waals surface area contributed by atoms with Gasteiger partial charge in [0.05, 0.1) is 16.1 Å². The molecule has 0 saturated carbocycles. The molecule has 132 valence electrons. The number of H-pyrrole nitrogens is 1. The van der Waals surface area contributed by atoms with Crippen LogP contribution in [0.15, 0.2) is 27.9 Å². The number of fused-ring (bicyclic) bond motifs is 1. The molecule has 0 amide bonds. The van der Waals surface area contributed by atoms with Gasteiger partial charge in [-0.25, -0.2) is 8.42 Å². The molecule has 1 aliphatic heterocycles. The van der Waals surface area contributed by atoms with Gasteiger partial charge in [-0.3, -0.25) is 4.79 Å². The normalized spacial score (nSPS) is 16.1. The molecule has 0 atom stereocenters. The maximum absolute atomic E-state index is 12.3. The Balaban J connectivity index is 2.23. The molecule has 0 spiro atoms. The lowest BCUT2D eigenvalue weighted by Crippen LogP contribution is -2.35. The maximum atomic E-state index is 12.3. The lowest BCUT2D eigenvalue weighted by atomic mass is 9.93. The van der Waals surface area contributed by atoms with Crippen LogP contribution in [0.5, 0.6) is 0 Å². The fourth-order valence-electron chi connectivity index (χ4n) is 3.48. The Labute approximate surface area is 147 Å². The molecule has 3 rings (SSSR count). The second-order valence-electron chi connectivity index (χ2n) is 6.61. The van der Waals surface area contributed by atoms with Gasteiger partial charge in [0.1, 0.15) is 11.6 Å². The van der Waals surface area contributed by atoms with Crippen molar-refractivity contribution in [1.29, 1.82) is 5.26 Å². The Morgan fingerprint density at radius 2 is 2.00 bits per heavy atom. The maximum Gasteiger partial charge on any atom is 0.268 e. The average molecular weight is 359 g/mol. The standard InChI is InChI=1S/C18H21N3O3S/c1-3-12-6-8-21(9-7-12)17-14-10-13(25(2,23)24)4-5-16(14)20-18(22)15(17)11-19/h4-5,10,12H,3,6-9H2,1-2H3,(H,20,22). The van der Waals surface area contributed by atoms with Crippen LogP contribution in [0.2, 0.25) is 0 Å². The van der Waals surface area contributed by atoms with Crippen LogP contribution in [0.3, 0.4) is 0 Å². The van der Waals surface area contributed by atoms with Crippen molar-refractivity contribution in [3.05, 3.63) is 34.1 Å². The van der Waals surface area contributed by atoms with Gasteiger partial charge in [-0.2, -0.15) is 5.26 Å². The number of nitriles is 1. The predicted octanol–water partition coefficient (Wildman–Crippen LogP) is 2.43. The molecule has 1 aromatic carbocycles. The van der Waals surface area contributed by atoms with Crippen molar-refractivity contribution in [1.82, 2.24) is 4.98 Å². The molecule has 1 saturated heterocycles. The van der Waals surface area contributed by atoms with Crippen LogP contribution in [0.1, 0.15) is 31.7 Å². The van der Waals surface area contributed by atoms with E-state index in [-0.39, 0.29) is 10.5 Å². The van der Waals surface area contributed by atoms with Gasteiger partial charge in [-0.15, -0.1) is 0 Å². The van der Waals surface area contributed by atoms with E-state index in [1.165, 1.54) is 6.07 Å². The Morgan fingerprint density at radius 3 is 2.56 bits per heavy atom. The monoisotopic (exact) mass is 359 g/mol. The molecule has 2 aromatic rings. The number of hydrogen-bond acceptors (Lipinski definition) is 5. The van der Waals surface area contributed by atoms with E-state index in [0.29, 0.717) is 22.5 Å². The Bertz CT molecular complexity index is 1010. The fourth-order valence-corrected chi connectivity index (χ4v) is 4.13. The first-order valence-corrected chi connectivity index (χ1v) is 10.3. The summed E-state index contributed by atoms with van der Waals surface area (Å²) in [6, 6.07) is 6.63. The summed E-state index contributed by atoms with van der Waals surface area (Å²) in [4.78, 5) is 17.2. The van der Waals surface area contributed by atoms with Gasteiger partial charge < -0.3 is 9.88 Å². The number of aromatic amines is 1. The first-order chi connectivity index (χ1) is 11.8. The van der Waals surface area contributed by atoms with Crippen molar-refractivity contribution in [2.45, 2.75) is 31.1 Å². The molecule has 0 aliphatic carbocycles. The van der Waals surface area contributed by atoms with Gasteiger partial charge in [-0.05, 0) is 37.0 Å². The van der Waals surface area contributed by atoms with Crippen molar-refractivity contribution >= 4 is 26.4 Å². The summed E-state index contributed by atoms with van der Waals surface area (Å²) < 4.78 is 23.8. The minimum absolute atomic E-state index is 0.0492. The van der Waals surface area contributed by atoms with Crippen molar-refractivity contribution in [2.75, 3.05) is 24.2 Å². The van der Waals surface area contributed by atoms with E-state index in [9.17, 15) is 18.5 Å². The third-order valence-electron chi connectivity index (χ3n) is 5.01. The van der Waals surface area contributed by atoms with Crippen LogP contribution in [0.4, 0.5) is 5.69 Å². The summed E-state index contributed by atoms with van der Waals surface area (Å²) >= 11 is 0. The molecule has 1 fully saturated rings. The summed E-state index contributed by atoms with van der Waals surface area (Å²) in [6.07, 6.45) is 4.27. The molecule has 0 bridgehead atoms.